The molecule has 2 N–H and O–H groups in total. The van der Waals surface area contributed by atoms with Gasteiger partial charge in [-0.05, 0) is 49.9 Å². The number of hydrogen-bond acceptors (Lipinski definition) is 6. The van der Waals surface area contributed by atoms with Crippen molar-refractivity contribution in [1.82, 2.24) is 10.3 Å². The minimum absolute atomic E-state index is 0.0995. The first-order valence-electron chi connectivity index (χ1n) is 10.2. The van der Waals surface area contributed by atoms with Crippen LogP contribution in [0.4, 0.5) is 11.5 Å². The number of nitrogens with one attached hydrogen (secondary N) is 2. The lowest BCUT2D eigenvalue weighted by molar-refractivity contribution is -0.384. The zero-order valence-electron chi connectivity index (χ0n) is 17.6. The molecule has 0 radical (unpaired) electrons. The number of dihydropyridines is 1. The number of Topliss-reactive ketones (excluding diaryl/α,β-unsaturated/α-hetero) is 1. The normalized spacial score (nSPS) is 18.2. The van der Waals surface area contributed by atoms with E-state index in [-0.39, 0.29) is 22.1 Å². The van der Waals surface area contributed by atoms with Gasteiger partial charge < -0.3 is 10.6 Å². The number of pyridine rings is 1. The molecule has 0 unspecified atom stereocenters. The highest BCUT2D eigenvalue weighted by Gasteiger charge is 2.40. The number of anilines is 1. The first-order chi connectivity index (χ1) is 15.3. The summed E-state index contributed by atoms with van der Waals surface area (Å²) >= 11 is 6.46. The number of allylic oxidation sites excluding steroid dienone is 3. The largest absolute Gasteiger partial charge is 0.362 e. The Bertz CT molecular complexity index is 1200. The lowest BCUT2D eigenvalue weighted by atomic mass is 9.75. The summed E-state index contributed by atoms with van der Waals surface area (Å²) in [6.45, 7) is 3.64. The molecule has 8 nitrogen and oxygen atoms in total. The van der Waals surface area contributed by atoms with E-state index in [1.165, 1.54) is 18.2 Å². The van der Waals surface area contributed by atoms with Gasteiger partial charge in [-0.3, -0.25) is 19.7 Å². The number of ketones is 1. The molecule has 2 aromatic rings. The molecule has 0 saturated carbocycles. The Morgan fingerprint density at radius 3 is 2.72 bits per heavy atom. The fourth-order valence-electron chi connectivity index (χ4n) is 4.19. The van der Waals surface area contributed by atoms with E-state index in [1.54, 1.807) is 19.2 Å². The van der Waals surface area contributed by atoms with Gasteiger partial charge in [0.25, 0.3) is 11.6 Å². The monoisotopic (exact) mass is 452 g/mol. The van der Waals surface area contributed by atoms with Crippen molar-refractivity contribution in [2.24, 2.45) is 0 Å². The molecule has 164 valence electrons. The fraction of sp³-hybridized carbons (Fsp3) is 0.261. The molecule has 2 heterocycles. The maximum Gasteiger partial charge on any atom is 0.269 e. The van der Waals surface area contributed by atoms with Crippen LogP contribution in [0.2, 0.25) is 5.02 Å². The number of rotatable bonds is 4. The van der Waals surface area contributed by atoms with Gasteiger partial charge in [-0.15, -0.1) is 0 Å². The number of nitro benzene ring substituents is 1. The topological polar surface area (TPSA) is 114 Å². The Morgan fingerprint density at radius 1 is 1.25 bits per heavy atom. The van der Waals surface area contributed by atoms with E-state index in [1.807, 2.05) is 13.0 Å². The quantitative estimate of drug-likeness (QED) is 0.519. The molecule has 4 rings (SSSR count). The number of hydrogen-bond donors (Lipinski definition) is 2. The molecule has 9 heteroatoms. The lowest BCUT2D eigenvalue weighted by Gasteiger charge is -2.34. The molecule has 0 spiro atoms. The van der Waals surface area contributed by atoms with Gasteiger partial charge in [0.1, 0.15) is 5.82 Å². The van der Waals surface area contributed by atoms with E-state index in [4.69, 9.17) is 11.6 Å². The summed E-state index contributed by atoms with van der Waals surface area (Å²) in [7, 11) is 0. The maximum absolute atomic E-state index is 13.4. The van der Waals surface area contributed by atoms with Crippen LogP contribution in [0.25, 0.3) is 0 Å². The SMILES string of the molecule is CC1=C(C(=O)Nc2ccc(C)cn2)[C@H](c2cc([N+](=O)[O-])ccc2Cl)C2=C(CCCC2=O)N1. The zero-order valence-corrected chi connectivity index (χ0v) is 18.3. The van der Waals surface area contributed by atoms with Crippen molar-refractivity contribution in [3.8, 4) is 0 Å². The summed E-state index contributed by atoms with van der Waals surface area (Å²) in [5, 5.41) is 17.7. The van der Waals surface area contributed by atoms with Crippen molar-refractivity contribution in [2.45, 2.75) is 39.0 Å². The Morgan fingerprint density at radius 2 is 2.03 bits per heavy atom. The molecule has 0 fully saturated rings. The van der Waals surface area contributed by atoms with Crippen LogP contribution in [0.3, 0.4) is 0 Å². The molecular formula is C23H21ClN4O4. The number of carbonyl (C=O) groups is 2. The number of carbonyl (C=O) groups excluding carboxylic acids is 2. The van der Waals surface area contributed by atoms with Crippen LogP contribution in [-0.4, -0.2) is 21.6 Å². The van der Waals surface area contributed by atoms with Gasteiger partial charge in [-0.25, -0.2) is 4.98 Å². The van der Waals surface area contributed by atoms with Crippen molar-refractivity contribution in [3.63, 3.8) is 0 Å². The summed E-state index contributed by atoms with van der Waals surface area (Å²) in [5.41, 5.74) is 3.15. The smallest absolute Gasteiger partial charge is 0.269 e. The van der Waals surface area contributed by atoms with Crippen molar-refractivity contribution in [1.29, 1.82) is 0 Å². The highest BCUT2D eigenvalue weighted by Crippen LogP contribution is 2.45. The van der Waals surface area contributed by atoms with Crippen molar-refractivity contribution >= 4 is 34.8 Å². The zero-order chi connectivity index (χ0) is 23.0. The second-order valence-electron chi connectivity index (χ2n) is 7.90. The third-order valence-corrected chi connectivity index (χ3v) is 6.02. The Hall–Kier alpha value is -3.52. The molecule has 32 heavy (non-hydrogen) atoms. The molecule has 1 aromatic carbocycles. The number of halogens is 1. The van der Waals surface area contributed by atoms with Crippen LogP contribution < -0.4 is 10.6 Å². The lowest BCUT2D eigenvalue weighted by Crippen LogP contribution is -2.35. The van der Waals surface area contributed by atoms with Crippen LogP contribution in [0.1, 0.15) is 43.2 Å². The maximum atomic E-state index is 13.4. The Balaban J connectivity index is 1.85. The average molecular weight is 453 g/mol. The van der Waals surface area contributed by atoms with Crippen LogP contribution >= 0.6 is 11.6 Å². The molecule has 1 aromatic heterocycles. The van der Waals surface area contributed by atoms with Crippen molar-refractivity contribution < 1.29 is 14.5 Å². The predicted molar refractivity (Wildman–Crippen MR) is 120 cm³/mol. The van der Waals surface area contributed by atoms with Gasteiger partial charge in [0.2, 0.25) is 0 Å². The number of benzene rings is 1. The van der Waals surface area contributed by atoms with E-state index < -0.39 is 16.7 Å². The highest BCUT2D eigenvalue weighted by atomic mass is 35.5. The Labute approximate surface area is 189 Å². The van der Waals surface area contributed by atoms with Gasteiger partial charge in [0, 0.05) is 58.2 Å². The van der Waals surface area contributed by atoms with Crippen molar-refractivity contribution in [3.05, 3.63) is 85.3 Å². The summed E-state index contributed by atoms with van der Waals surface area (Å²) in [4.78, 5) is 41.5. The molecule has 1 aliphatic carbocycles. The number of aryl methyl sites for hydroxylation is 1. The third kappa shape index (κ3) is 4.01. The summed E-state index contributed by atoms with van der Waals surface area (Å²) in [6.07, 6.45) is 3.32. The minimum Gasteiger partial charge on any atom is -0.362 e. The van der Waals surface area contributed by atoms with Crippen LogP contribution in [0.5, 0.6) is 0 Å². The van der Waals surface area contributed by atoms with Gasteiger partial charge in [-0.2, -0.15) is 0 Å². The van der Waals surface area contributed by atoms with Crippen LogP contribution in [0, 0.1) is 17.0 Å². The molecule has 0 saturated heterocycles. The minimum atomic E-state index is -0.822. The van der Waals surface area contributed by atoms with Crippen LogP contribution in [-0.2, 0) is 9.59 Å². The van der Waals surface area contributed by atoms with E-state index in [0.717, 1.165) is 11.3 Å². The highest BCUT2D eigenvalue weighted by molar-refractivity contribution is 6.31. The van der Waals surface area contributed by atoms with Gasteiger partial charge in [0.05, 0.1) is 4.92 Å². The molecule has 0 bridgehead atoms. The van der Waals surface area contributed by atoms with Gasteiger partial charge >= 0.3 is 0 Å². The third-order valence-electron chi connectivity index (χ3n) is 5.67. The standard InChI is InChI=1S/C23H21ClN4O4/c1-12-6-9-19(25-11-12)27-23(30)20-13(2)26-17-4-3-5-18(29)22(17)21(20)15-10-14(28(31)32)7-8-16(15)24/h6-11,21,26H,3-5H2,1-2H3,(H,25,27,30)/t21-/m0/s1. The van der Waals surface area contributed by atoms with E-state index in [2.05, 4.69) is 15.6 Å². The summed E-state index contributed by atoms with van der Waals surface area (Å²) in [6, 6.07) is 7.58. The van der Waals surface area contributed by atoms with Gasteiger partial charge in [0.15, 0.2) is 5.78 Å². The number of nitro groups is 1. The fourth-order valence-corrected chi connectivity index (χ4v) is 4.41. The summed E-state index contributed by atoms with van der Waals surface area (Å²) < 4.78 is 0. The first-order valence-corrected chi connectivity index (χ1v) is 10.6. The average Bonchev–Trinajstić information content (AvgIpc) is 2.74. The number of nitrogens with zero attached hydrogens (tertiary/aromatic N) is 2. The van der Waals surface area contributed by atoms with Crippen molar-refractivity contribution in [2.75, 3.05) is 5.32 Å². The van der Waals surface area contributed by atoms with Crippen LogP contribution in [0.15, 0.2) is 59.1 Å². The second-order valence-corrected chi connectivity index (χ2v) is 8.31. The first kappa shape index (κ1) is 21.7. The molecule has 1 aliphatic heterocycles. The number of amides is 1. The van der Waals surface area contributed by atoms with E-state index in [9.17, 15) is 19.7 Å². The predicted octanol–water partition coefficient (Wildman–Crippen LogP) is 4.56. The second kappa shape index (κ2) is 8.55. The van der Waals surface area contributed by atoms with E-state index >= 15 is 0 Å². The van der Waals surface area contributed by atoms with E-state index in [0.29, 0.717) is 41.9 Å². The molecular weight excluding hydrogens is 432 g/mol. The molecule has 1 amide bonds. The Kier molecular flexibility index (Phi) is 5.80. The molecule has 2 aliphatic rings. The number of non-ortho nitro benzene ring substituents is 1. The summed E-state index contributed by atoms with van der Waals surface area (Å²) in [5.74, 6) is -1.02. The van der Waals surface area contributed by atoms with Gasteiger partial charge in [-0.1, -0.05) is 17.7 Å². The number of aromatic nitrogens is 1. The molecule has 1 atom stereocenters.